The number of halogens is 1. The van der Waals surface area contributed by atoms with Crippen LogP contribution < -0.4 is 10.1 Å². The molecule has 0 radical (unpaired) electrons. The smallest absolute Gasteiger partial charge is 0.356 e. The second-order valence-corrected chi connectivity index (χ2v) is 7.64. The summed E-state index contributed by atoms with van der Waals surface area (Å²) < 4.78 is 7.31. The van der Waals surface area contributed by atoms with Crippen molar-refractivity contribution in [2.45, 2.75) is 0 Å². The van der Waals surface area contributed by atoms with Gasteiger partial charge in [-0.15, -0.1) is 0 Å². The number of hydrogen-bond donors (Lipinski definition) is 2. The summed E-state index contributed by atoms with van der Waals surface area (Å²) in [6, 6.07) is 27.5. The van der Waals surface area contributed by atoms with Crippen LogP contribution in [0.3, 0.4) is 0 Å². The second kappa shape index (κ2) is 8.64. The number of para-hydroxylation sites is 1. The van der Waals surface area contributed by atoms with Crippen molar-refractivity contribution in [2.75, 3.05) is 5.32 Å². The van der Waals surface area contributed by atoms with Crippen LogP contribution in [0.25, 0.3) is 16.9 Å². The molecule has 33 heavy (non-hydrogen) atoms. The summed E-state index contributed by atoms with van der Waals surface area (Å²) in [6.45, 7) is 0. The van der Waals surface area contributed by atoms with Crippen LogP contribution in [0, 0.1) is 0 Å². The fourth-order valence-corrected chi connectivity index (χ4v) is 3.44. The third kappa shape index (κ3) is 4.49. The van der Waals surface area contributed by atoms with Crippen molar-refractivity contribution in [1.82, 2.24) is 14.6 Å². The molecule has 7 nitrogen and oxygen atoms in total. The molecule has 0 fully saturated rings. The lowest BCUT2D eigenvalue weighted by Crippen LogP contribution is -2.04. The minimum atomic E-state index is -1.12. The van der Waals surface area contributed by atoms with Gasteiger partial charge in [-0.25, -0.2) is 9.78 Å². The Bertz CT molecular complexity index is 1430. The van der Waals surface area contributed by atoms with E-state index in [-0.39, 0.29) is 5.69 Å². The lowest BCUT2D eigenvalue weighted by Gasteiger charge is -2.12. The third-order valence-electron chi connectivity index (χ3n) is 4.89. The largest absolute Gasteiger partial charge is 0.476 e. The Labute approximate surface area is 193 Å². The molecule has 2 N–H and O–H groups in total. The summed E-state index contributed by atoms with van der Waals surface area (Å²) in [7, 11) is 0. The molecule has 0 unspecified atom stereocenters. The average molecular weight is 457 g/mol. The number of aromatic nitrogens is 3. The van der Waals surface area contributed by atoms with E-state index in [1.54, 1.807) is 12.1 Å². The van der Waals surface area contributed by atoms with E-state index < -0.39 is 5.97 Å². The number of hydrogen-bond acceptors (Lipinski definition) is 5. The van der Waals surface area contributed by atoms with E-state index in [1.165, 1.54) is 10.6 Å². The van der Waals surface area contributed by atoms with E-state index in [0.717, 1.165) is 17.0 Å². The molecule has 162 valence electrons. The van der Waals surface area contributed by atoms with Crippen LogP contribution in [0.4, 0.5) is 11.5 Å². The molecule has 0 saturated carbocycles. The second-order valence-electron chi connectivity index (χ2n) is 7.20. The fraction of sp³-hybridized carbons (Fsp3) is 0. The zero-order valence-electron chi connectivity index (χ0n) is 17.1. The Balaban J connectivity index is 1.49. The number of aromatic carboxylic acids is 1. The molecule has 0 spiro atoms. The zero-order chi connectivity index (χ0) is 22.8. The highest BCUT2D eigenvalue weighted by molar-refractivity contribution is 6.30. The molecule has 0 amide bonds. The fourth-order valence-electron chi connectivity index (χ4n) is 3.32. The van der Waals surface area contributed by atoms with Gasteiger partial charge in [0.1, 0.15) is 17.3 Å². The summed E-state index contributed by atoms with van der Waals surface area (Å²) in [5, 5.41) is 17.5. The van der Waals surface area contributed by atoms with E-state index in [1.807, 2.05) is 72.8 Å². The van der Waals surface area contributed by atoms with Crippen LogP contribution in [0.1, 0.15) is 10.5 Å². The minimum absolute atomic E-state index is 0.0922. The van der Waals surface area contributed by atoms with Crippen molar-refractivity contribution < 1.29 is 14.6 Å². The molecule has 0 aliphatic rings. The molecule has 0 saturated heterocycles. The van der Waals surface area contributed by atoms with Gasteiger partial charge < -0.3 is 15.2 Å². The quantitative estimate of drug-likeness (QED) is 0.312. The maximum absolute atomic E-state index is 11.5. The summed E-state index contributed by atoms with van der Waals surface area (Å²) in [5.41, 5.74) is 2.59. The van der Waals surface area contributed by atoms with Crippen molar-refractivity contribution in [1.29, 1.82) is 0 Å². The Morgan fingerprint density at radius 2 is 1.61 bits per heavy atom. The van der Waals surface area contributed by atoms with E-state index in [0.29, 0.717) is 27.9 Å². The molecule has 2 heterocycles. The topological polar surface area (TPSA) is 88.8 Å². The van der Waals surface area contributed by atoms with Crippen LogP contribution in [0.15, 0.2) is 91.0 Å². The van der Waals surface area contributed by atoms with E-state index in [9.17, 15) is 9.90 Å². The summed E-state index contributed by atoms with van der Waals surface area (Å²) in [6.07, 6.45) is 0. The number of fused-ring (bicyclic) bond motifs is 1. The van der Waals surface area contributed by atoms with Crippen LogP contribution in [0.5, 0.6) is 11.5 Å². The number of carboxylic acid groups (broad SMARTS) is 1. The minimum Gasteiger partial charge on any atom is -0.476 e. The number of rotatable bonds is 6. The van der Waals surface area contributed by atoms with Gasteiger partial charge in [0.15, 0.2) is 11.3 Å². The highest BCUT2D eigenvalue weighted by Crippen LogP contribution is 2.28. The molecule has 0 atom stereocenters. The SMILES string of the molecule is O=C(O)c1cc2nc(-c3ccc(Cl)cc3)cc(Nc3ccc(Oc4ccccc4)cc3)n2n1. The number of ether oxygens (including phenoxy) is 1. The van der Waals surface area contributed by atoms with Gasteiger partial charge in [0.2, 0.25) is 0 Å². The third-order valence-corrected chi connectivity index (χ3v) is 5.14. The Kier molecular flexibility index (Phi) is 5.38. The highest BCUT2D eigenvalue weighted by atomic mass is 35.5. The van der Waals surface area contributed by atoms with Crippen LogP contribution in [-0.4, -0.2) is 25.7 Å². The van der Waals surface area contributed by atoms with Gasteiger partial charge >= 0.3 is 5.97 Å². The van der Waals surface area contributed by atoms with Gasteiger partial charge in [-0.3, -0.25) is 0 Å². The van der Waals surface area contributed by atoms with Gasteiger partial charge in [0, 0.05) is 28.4 Å². The van der Waals surface area contributed by atoms with Crippen LogP contribution in [0.2, 0.25) is 5.02 Å². The standard InChI is InChI=1S/C25H17ClN4O3/c26-17-8-6-16(7-9-17)21-14-23(30-24(28-21)15-22(29-30)25(31)32)27-18-10-12-20(13-11-18)33-19-4-2-1-3-5-19/h1-15,27H,(H,31,32). The summed E-state index contributed by atoms with van der Waals surface area (Å²) >= 11 is 6.01. The number of anilines is 2. The maximum atomic E-state index is 11.5. The zero-order valence-corrected chi connectivity index (χ0v) is 17.9. The lowest BCUT2D eigenvalue weighted by molar-refractivity contribution is 0.0690. The predicted molar refractivity (Wildman–Crippen MR) is 127 cm³/mol. The first kappa shape index (κ1) is 20.5. The molecule has 0 aliphatic carbocycles. The maximum Gasteiger partial charge on any atom is 0.356 e. The first-order valence-electron chi connectivity index (χ1n) is 10.1. The number of carbonyl (C=O) groups is 1. The van der Waals surface area contributed by atoms with Crippen molar-refractivity contribution in [3.63, 3.8) is 0 Å². The molecule has 8 heteroatoms. The van der Waals surface area contributed by atoms with Gasteiger partial charge in [-0.2, -0.15) is 9.61 Å². The normalized spacial score (nSPS) is 10.8. The monoisotopic (exact) mass is 456 g/mol. The number of carboxylic acids is 1. The Morgan fingerprint density at radius 1 is 0.909 bits per heavy atom. The van der Waals surface area contributed by atoms with E-state index in [4.69, 9.17) is 16.3 Å². The van der Waals surface area contributed by atoms with E-state index >= 15 is 0 Å². The summed E-state index contributed by atoms with van der Waals surface area (Å²) in [4.78, 5) is 16.0. The first-order chi connectivity index (χ1) is 16.0. The molecule has 2 aromatic heterocycles. The predicted octanol–water partition coefficient (Wildman–Crippen LogP) is 6.28. The van der Waals surface area contributed by atoms with Gasteiger partial charge in [0.25, 0.3) is 0 Å². The van der Waals surface area contributed by atoms with Crippen molar-refractivity contribution in [3.05, 3.63) is 102 Å². The van der Waals surface area contributed by atoms with E-state index in [2.05, 4.69) is 15.4 Å². The highest BCUT2D eigenvalue weighted by Gasteiger charge is 2.15. The molecular weight excluding hydrogens is 440 g/mol. The van der Waals surface area contributed by atoms with Gasteiger partial charge in [-0.05, 0) is 48.5 Å². The Morgan fingerprint density at radius 3 is 2.30 bits per heavy atom. The van der Waals surface area contributed by atoms with Crippen LogP contribution in [-0.2, 0) is 0 Å². The Hall–Kier alpha value is -4.36. The van der Waals surface area contributed by atoms with Gasteiger partial charge in [0.05, 0.1) is 5.69 Å². The van der Waals surface area contributed by atoms with Crippen LogP contribution >= 0.6 is 11.6 Å². The first-order valence-corrected chi connectivity index (χ1v) is 10.4. The molecular formula is C25H17ClN4O3. The number of benzene rings is 3. The number of nitrogens with zero attached hydrogens (tertiary/aromatic N) is 3. The molecule has 3 aromatic carbocycles. The van der Waals surface area contributed by atoms with Crippen molar-refractivity contribution in [2.24, 2.45) is 0 Å². The molecule has 5 rings (SSSR count). The molecule has 5 aromatic rings. The number of nitrogens with one attached hydrogen (secondary N) is 1. The van der Waals surface area contributed by atoms with Crippen molar-refractivity contribution >= 4 is 34.7 Å². The lowest BCUT2D eigenvalue weighted by atomic mass is 10.1. The van der Waals surface area contributed by atoms with Crippen molar-refractivity contribution in [3.8, 4) is 22.8 Å². The van der Waals surface area contributed by atoms with Gasteiger partial charge in [-0.1, -0.05) is 41.9 Å². The average Bonchev–Trinajstić information content (AvgIpc) is 3.27. The molecule has 0 bridgehead atoms. The molecule has 0 aliphatic heterocycles. The summed E-state index contributed by atoms with van der Waals surface area (Å²) in [5.74, 6) is 0.885.